The Bertz CT molecular complexity index is 899. The molecule has 5 nitrogen and oxygen atoms in total. The van der Waals surface area contributed by atoms with Crippen molar-refractivity contribution >= 4 is 11.0 Å². The molecule has 132 valence electrons. The summed E-state index contributed by atoms with van der Waals surface area (Å²) in [6, 6.07) is 0.964. The van der Waals surface area contributed by atoms with Crippen molar-refractivity contribution in [2.75, 3.05) is 0 Å². The molecule has 25 heavy (non-hydrogen) atoms. The van der Waals surface area contributed by atoms with Crippen LogP contribution in [0.1, 0.15) is 11.1 Å². The third-order valence-corrected chi connectivity index (χ3v) is 3.27. The van der Waals surface area contributed by atoms with Crippen molar-refractivity contribution < 1.29 is 31.1 Å². The minimum atomic E-state index is -4.96. The van der Waals surface area contributed by atoms with Crippen LogP contribution in [-0.4, -0.2) is 19.7 Å². The maximum Gasteiger partial charge on any atom is 0.416 e. The van der Waals surface area contributed by atoms with Crippen molar-refractivity contribution in [3.05, 3.63) is 41.9 Å². The highest BCUT2D eigenvalue weighted by Gasteiger charge is 2.37. The summed E-state index contributed by atoms with van der Waals surface area (Å²) in [6.07, 6.45) is -7.57. The third kappa shape index (κ3) is 3.35. The van der Waals surface area contributed by atoms with Gasteiger partial charge in [0.15, 0.2) is 5.65 Å². The molecular formula is C14H8F6N4O. The number of aromatic nitrogens is 4. The number of hydrogen-bond donors (Lipinski definition) is 0. The van der Waals surface area contributed by atoms with Crippen molar-refractivity contribution in [1.29, 1.82) is 0 Å². The molecule has 0 amide bonds. The minimum Gasteiger partial charge on any atom is -0.438 e. The molecule has 3 aromatic rings. The van der Waals surface area contributed by atoms with Gasteiger partial charge in [0.2, 0.25) is 5.88 Å². The van der Waals surface area contributed by atoms with Crippen LogP contribution in [0.15, 0.2) is 30.7 Å². The summed E-state index contributed by atoms with van der Waals surface area (Å²) in [5, 5.41) is 4.13. The van der Waals surface area contributed by atoms with Gasteiger partial charge in [-0.15, -0.1) is 0 Å². The van der Waals surface area contributed by atoms with E-state index < -0.39 is 29.2 Å². The Balaban J connectivity index is 2.10. The molecule has 0 bridgehead atoms. The number of fused-ring (bicyclic) bond motifs is 1. The molecule has 0 radical (unpaired) electrons. The van der Waals surface area contributed by atoms with E-state index in [0.717, 1.165) is 6.33 Å². The Hall–Kier alpha value is -2.85. The van der Waals surface area contributed by atoms with Gasteiger partial charge in [0.05, 0.1) is 17.3 Å². The Labute approximate surface area is 135 Å². The number of nitrogens with zero attached hydrogens (tertiary/aromatic N) is 4. The van der Waals surface area contributed by atoms with Crippen molar-refractivity contribution in [1.82, 2.24) is 19.7 Å². The van der Waals surface area contributed by atoms with E-state index in [1.807, 2.05) is 0 Å². The summed E-state index contributed by atoms with van der Waals surface area (Å²) in [6.45, 7) is 0. The van der Waals surface area contributed by atoms with Gasteiger partial charge < -0.3 is 4.74 Å². The third-order valence-electron chi connectivity index (χ3n) is 3.27. The van der Waals surface area contributed by atoms with Crippen LogP contribution in [0.2, 0.25) is 0 Å². The molecule has 0 unspecified atom stereocenters. The largest absolute Gasteiger partial charge is 0.438 e. The fraction of sp³-hybridized carbons (Fsp3) is 0.214. The number of halogens is 6. The summed E-state index contributed by atoms with van der Waals surface area (Å²) in [7, 11) is 1.56. The van der Waals surface area contributed by atoms with E-state index in [1.165, 1.54) is 10.9 Å². The van der Waals surface area contributed by atoms with Gasteiger partial charge in [-0.2, -0.15) is 31.4 Å². The van der Waals surface area contributed by atoms with Gasteiger partial charge in [-0.05, 0) is 18.2 Å². The maximum absolute atomic E-state index is 12.9. The zero-order valence-corrected chi connectivity index (χ0v) is 12.4. The maximum atomic E-state index is 12.9. The fourth-order valence-corrected chi connectivity index (χ4v) is 2.12. The van der Waals surface area contributed by atoms with E-state index in [0.29, 0.717) is 17.8 Å². The van der Waals surface area contributed by atoms with Gasteiger partial charge in [0.25, 0.3) is 0 Å². The molecule has 0 aliphatic carbocycles. The van der Waals surface area contributed by atoms with Crippen molar-refractivity contribution in [3.63, 3.8) is 0 Å². The molecule has 0 spiro atoms. The number of rotatable bonds is 2. The predicted octanol–water partition coefficient (Wildman–Crippen LogP) is 4.19. The molecule has 0 aliphatic rings. The molecule has 2 heterocycles. The van der Waals surface area contributed by atoms with Gasteiger partial charge in [-0.3, -0.25) is 4.68 Å². The summed E-state index contributed by atoms with van der Waals surface area (Å²) >= 11 is 0. The fourth-order valence-electron chi connectivity index (χ4n) is 2.12. The van der Waals surface area contributed by atoms with E-state index in [1.54, 1.807) is 7.05 Å². The molecule has 2 aromatic heterocycles. The lowest BCUT2D eigenvalue weighted by molar-refractivity contribution is -0.143. The summed E-state index contributed by atoms with van der Waals surface area (Å²) in [5.74, 6) is -0.850. The van der Waals surface area contributed by atoms with Crippen LogP contribution < -0.4 is 4.74 Å². The zero-order valence-electron chi connectivity index (χ0n) is 12.4. The average Bonchev–Trinajstić information content (AvgIpc) is 2.88. The van der Waals surface area contributed by atoms with Crippen LogP contribution in [0.5, 0.6) is 11.6 Å². The Morgan fingerprint density at radius 1 is 0.920 bits per heavy atom. The van der Waals surface area contributed by atoms with Crippen molar-refractivity contribution in [2.45, 2.75) is 12.4 Å². The molecule has 0 saturated carbocycles. The lowest BCUT2D eigenvalue weighted by Gasteiger charge is -2.14. The van der Waals surface area contributed by atoms with Gasteiger partial charge in [-0.1, -0.05) is 0 Å². The second kappa shape index (κ2) is 5.60. The van der Waals surface area contributed by atoms with Crippen molar-refractivity contribution in [3.8, 4) is 11.6 Å². The number of hydrogen-bond acceptors (Lipinski definition) is 4. The Kier molecular flexibility index (Phi) is 3.81. The van der Waals surface area contributed by atoms with E-state index in [-0.39, 0.29) is 17.3 Å². The first kappa shape index (κ1) is 17.0. The molecule has 0 atom stereocenters. The van der Waals surface area contributed by atoms with E-state index in [4.69, 9.17) is 4.74 Å². The molecule has 0 saturated heterocycles. The Morgan fingerprint density at radius 3 is 2.08 bits per heavy atom. The second-order valence-corrected chi connectivity index (χ2v) is 5.03. The van der Waals surface area contributed by atoms with Gasteiger partial charge >= 0.3 is 12.4 Å². The smallest absolute Gasteiger partial charge is 0.416 e. The first-order valence-electron chi connectivity index (χ1n) is 6.66. The number of alkyl halides is 6. The van der Waals surface area contributed by atoms with Gasteiger partial charge in [-0.25, -0.2) is 9.97 Å². The van der Waals surface area contributed by atoms with Crippen LogP contribution in [0.4, 0.5) is 26.3 Å². The standard InChI is InChI=1S/C14H8F6N4O/c1-24-11-10(5-23-24)12(22-6-21-11)25-9-3-7(13(15,16)17)2-8(4-9)14(18,19)20/h2-6H,1H3. The average molecular weight is 362 g/mol. The van der Waals surface area contributed by atoms with Crippen LogP contribution in [0.25, 0.3) is 11.0 Å². The normalized spacial score (nSPS) is 12.6. The summed E-state index contributed by atoms with van der Waals surface area (Å²) < 4.78 is 83.7. The van der Waals surface area contributed by atoms with E-state index in [9.17, 15) is 26.3 Å². The molecule has 0 N–H and O–H groups in total. The quantitative estimate of drug-likeness (QED) is 0.642. The highest BCUT2D eigenvalue weighted by atomic mass is 19.4. The lowest BCUT2D eigenvalue weighted by Crippen LogP contribution is -2.11. The van der Waals surface area contributed by atoms with E-state index >= 15 is 0 Å². The number of ether oxygens (including phenoxy) is 1. The SMILES string of the molecule is Cn1ncc2c(Oc3cc(C(F)(F)F)cc(C(F)(F)F)c3)ncnc21. The highest BCUT2D eigenvalue weighted by Crippen LogP contribution is 2.39. The van der Waals surface area contributed by atoms with E-state index in [2.05, 4.69) is 15.1 Å². The molecule has 1 aromatic carbocycles. The van der Waals surface area contributed by atoms with Crippen molar-refractivity contribution in [2.24, 2.45) is 7.05 Å². The molecular weight excluding hydrogens is 354 g/mol. The molecule has 0 aliphatic heterocycles. The predicted molar refractivity (Wildman–Crippen MR) is 72.8 cm³/mol. The van der Waals surface area contributed by atoms with Crippen LogP contribution >= 0.6 is 0 Å². The van der Waals surface area contributed by atoms with Crippen LogP contribution in [0.3, 0.4) is 0 Å². The molecule has 11 heteroatoms. The van der Waals surface area contributed by atoms with Crippen LogP contribution in [0, 0.1) is 0 Å². The Morgan fingerprint density at radius 2 is 1.52 bits per heavy atom. The monoisotopic (exact) mass is 362 g/mol. The first-order chi connectivity index (χ1) is 11.6. The lowest BCUT2D eigenvalue weighted by atomic mass is 10.1. The summed E-state index contributed by atoms with van der Waals surface area (Å²) in [5.41, 5.74) is -2.64. The topological polar surface area (TPSA) is 52.8 Å². The van der Waals surface area contributed by atoms with Gasteiger partial charge in [0.1, 0.15) is 17.5 Å². The zero-order chi connectivity index (χ0) is 18.4. The highest BCUT2D eigenvalue weighted by molar-refractivity contribution is 5.79. The first-order valence-corrected chi connectivity index (χ1v) is 6.66. The number of benzene rings is 1. The molecule has 3 rings (SSSR count). The minimum absolute atomic E-state index is 0.0203. The second-order valence-electron chi connectivity index (χ2n) is 5.03. The number of aryl methyl sites for hydroxylation is 1. The van der Waals surface area contributed by atoms with Gasteiger partial charge in [0, 0.05) is 7.05 Å². The summed E-state index contributed by atoms with van der Waals surface area (Å²) in [4.78, 5) is 7.66. The molecule has 0 fully saturated rings. The van der Waals surface area contributed by atoms with Crippen LogP contribution in [-0.2, 0) is 19.4 Å².